The molecular formula is C9H18N4O3S. The van der Waals surface area contributed by atoms with Crippen molar-refractivity contribution in [3.63, 3.8) is 0 Å². The molecule has 1 heterocycles. The minimum absolute atomic E-state index is 0.134. The Morgan fingerprint density at radius 2 is 2.35 bits per heavy atom. The van der Waals surface area contributed by atoms with Crippen LogP contribution in [0.1, 0.15) is 6.92 Å². The van der Waals surface area contributed by atoms with Gasteiger partial charge in [0.1, 0.15) is 4.90 Å². The largest absolute Gasteiger partial charge is 0.380 e. The van der Waals surface area contributed by atoms with Gasteiger partial charge in [0.2, 0.25) is 10.0 Å². The minimum Gasteiger partial charge on any atom is -0.380 e. The number of hydrogen-bond donors (Lipinski definition) is 2. The van der Waals surface area contributed by atoms with Crippen LogP contribution in [0.15, 0.2) is 17.3 Å². The number of aromatic nitrogens is 2. The number of nitrogens with one attached hydrogen (secondary N) is 1. The molecule has 98 valence electrons. The SMILES string of the molecule is COC(C)CNS(=O)(=O)c1cnn(CCN)c1. The van der Waals surface area contributed by atoms with Gasteiger partial charge in [-0.1, -0.05) is 0 Å². The summed E-state index contributed by atoms with van der Waals surface area (Å²) in [6.07, 6.45) is 2.58. The maximum Gasteiger partial charge on any atom is 0.243 e. The molecule has 0 saturated heterocycles. The molecule has 3 N–H and O–H groups in total. The van der Waals surface area contributed by atoms with Crippen LogP contribution < -0.4 is 10.5 Å². The van der Waals surface area contributed by atoms with E-state index in [1.807, 2.05) is 0 Å². The van der Waals surface area contributed by atoms with Crippen LogP contribution in [0.5, 0.6) is 0 Å². The van der Waals surface area contributed by atoms with E-state index in [0.717, 1.165) is 0 Å². The van der Waals surface area contributed by atoms with Crippen molar-refractivity contribution in [2.75, 3.05) is 20.2 Å². The maximum atomic E-state index is 11.8. The Morgan fingerprint density at radius 3 is 2.94 bits per heavy atom. The molecule has 0 spiro atoms. The molecular weight excluding hydrogens is 244 g/mol. The Labute approximate surface area is 101 Å². The summed E-state index contributed by atoms with van der Waals surface area (Å²) in [6.45, 7) is 2.90. The molecule has 1 rings (SSSR count). The number of sulfonamides is 1. The van der Waals surface area contributed by atoms with E-state index >= 15 is 0 Å². The van der Waals surface area contributed by atoms with Crippen LogP contribution in [0.2, 0.25) is 0 Å². The number of nitrogens with two attached hydrogens (primary N) is 1. The van der Waals surface area contributed by atoms with Gasteiger partial charge >= 0.3 is 0 Å². The highest BCUT2D eigenvalue weighted by Gasteiger charge is 2.17. The molecule has 0 bridgehead atoms. The van der Waals surface area contributed by atoms with E-state index in [1.165, 1.54) is 24.2 Å². The first-order valence-electron chi connectivity index (χ1n) is 5.24. The lowest BCUT2D eigenvalue weighted by Crippen LogP contribution is -2.31. The third-order valence-corrected chi connectivity index (χ3v) is 3.62. The molecule has 0 saturated carbocycles. The summed E-state index contributed by atoms with van der Waals surface area (Å²) >= 11 is 0. The topological polar surface area (TPSA) is 99.2 Å². The van der Waals surface area contributed by atoms with E-state index in [-0.39, 0.29) is 17.5 Å². The summed E-state index contributed by atoms with van der Waals surface area (Å²) < 4.78 is 32.5. The van der Waals surface area contributed by atoms with Crippen LogP contribution in [0.25, 0.3) is 0 Å². The average molecular weight is 262 g/mol. The fourth-order valence-corrected chi connectivity index (χ4v) is 2.20. The van der Waals surface area contributed by atoms with Crippen molar-refractivity contribution >= 4 is 10.0 Å². The van der Waals surface area contributed by atoms with Crippen LogP contribution in [0.3, 0.4) is 0 Å². The number of ether oxygens (including phenoxy) is 1. The molecule has 0 aliphatic carbocycles. The standard InChI is InChI=1S/C9H18N4O3S/c1-8(16-2)5-12-17(14,15)9-6-11-13(7-9)4-3-10/h6-8,12H,3-5,10H2,1-2H3. The van der Waals surface area contributed by atoms with Gasteiger partial charge in [-0.05, 0) is 6.92 Å². The van der Waals surface area contributed by atoms with Gasteiger partial charge in [-0.2, -0.15) is 5.10 Å². The minimum atomic E-state index is -3.52. The van der Waals surface area contributed by atoms with Crippen molar-refractivity contribution in [2.45, 2.75) is 24.5 Å². The molecule has 8 heteroatoms. The summed E-state index contributed by atoms with van der Waals surface area (Å²) in [5.41, 5.74) is 5.35. The van der Waals surface area contributed by atoms with Crippen molar-refractivity contribution in [1.29, 1.82) is 0 Å². The Hall–Kier alpha value is -0.960. The number of methoxy groups -OCH3 is 1. The lowest BCUT2D eigenvalue weighted by Gasteiger charge is -2.10. The first-order valence-corrected chi connectivity index (χ1v) is 6.73. The fourth-order valence-electron chi connectivity index (χ4n) is 1.13. The zero-order valence-corrected chi connectivity index (χ0v) is 10.8. The van der Waals surface area contributed by atoms with Crippen LogP contribution in [0, 0.1) is 0 Å². The van der Waals surface area contributed by atoms with Gasteiger partial charge in [0.05, 0.1) is 18.8 Å². The molecule has 17 heavy (non-hydrogen) atoms. The molecule has 0 aromatic carbocycles. The van der Waals surface area contributed by atoms with Crippen LogP contribution in [-0.2, 0) is 21.3 Å². The highest BCUT2D eigenvalue weighted by Crippen LogP contribution is 2.06. The van der Waals surface area contributed by atoms with Gasteiger partial charge in [0, 0.05) is 26.4 Å². The molecule has 0 radical (unpaired) electrons. The molecule has 1 aromatic heterocycles. The predicted molar refractivity (Wildman–Crippen MR) is 62.9 cm³/mol. The summed E-state index contributed by atoms with van der Waals surface area (Å²) in [4.78, 5) is 0.134. The molecule has 0 amide bonds. The van der Waals surface area contributed by atoms with Crippen LogP contribution >= 0.6 is 0 Å². The van der Waals surface area contributed by atoms with Gasteiger partial charge in [-0.15, -0.1) is 0 Å². The van der Waals surface area contributed by atoms with E-state index < -0.39 is 10.0 Å². The normalized spacial score (nSPS) is 13.8. The van der Waals surface area contributed by atoms with E-state index in [2.05, 4.69) is 9.82 Å². The zero-order valence-electron chi connectivity index (χ0n) is 9.96. The van der Waals surface area contributed by atoms with Gasteiger partial charge < -0.3 is 10.5 Å². The van der Waals surface area contributed by atoms with Gasteiger partial charge in [-0.25, -0.2) is 13.1 Å². The zero-order chi connectivity index (χ0) is 12.9. The summed E-state index contributed by atoms with van der Waals surface area (Å²) in [5, 5.41) is 3.91. The van der Waals surface area contributed by atoms with Gasteiger partial charge in [-0.3, -0.25) is 4.68 Å². The van der Waals surface area contributed by atoms with E-state index in [0.29, 0.717) is 13.1 Å². The van der Waals surface area contributed by atoms with Crippen LogP contribution in [-0.4, -0.2) is 44.5 Å². The summed E-state index contributed by atoms with van der Waals surface area (Å²) in [5.74, 6) is 0. The van der Waals surface area contributed by atoms with Crippen LogP contribution in [0.4, 0.5) is 0 Å². The lowest BCUT2D eigenvalue weighted by molar-refractivity contribution is 0.122. The van der Waals surface area contributed by atoms with Gasteiger partial charge in [0.15, 0.2) is 0 Å². The summed E-state index contributed by atoms with van der Waals surface area (Å²) in [6, 6.07) is 0. The second-order valence-electron chi connectivity index (χ2n) is 3.63. The first kappa shape index (κ1) is 14.1. The van der Waals surface area contributed by atoms with Crippen molar-refractivity contribution in [3.8, 4) is 0 Å². The first-order chi connectivity index (χ1) is 7.99. The van der Waals surface area contributed by atoms with Crippen molar-refractivity contribution in [3.05, 3.63) is 12.4 Å². The van der Waals surface area contributed by atoms with E-state index in [9.17, 15) is 8.42 Å². The average Bonchev–Trinajstić information content (AvgIpc) is 2.76. The number of nitrogens with zero attached hydrogens (tertiary/aromatic N) is 2. The molecule has 0 aliphatic heterocycles. The van der Waals surface area contributed by atoms with Crippen molar-refractivity contribution in [2.24, 2.45) is 5.73 Å². The Morgan fingerprint density at radius 1 is 1.65 bits per heavy atom. The maximum absolute atomic E-state index is 11.8. The van der Waals surface area contributed by atoms with Crippen molar-refractivity contribution < 1.29 is 13.2 Å². The van der Waals surface area contributed by atoms with E-state index in [1.54, 1.807) is 6.92 Å². The molecule has 1 aromatic rings. The fraction of sp³-hybridized carbons (Fsp3) is 0.667. The monoisotopic (exact) mass is 262 g/mol. The smallest absolute Gasteiger partial charge is 0.243 e. The highest BCUT2D eigenvalue weighted by atomic mass is 32.2. The van der Waals surface area contributed by atoms with Gasteiger partial charge in [0.25, 0.3) is 0 Å². The molecule has 1 atom stereocenters. The third kappa shape index (κ3) is 4.08. The molecule has 7 nitrogen and oxygen atoms in total. The molecule has 1 unspecified atom stereocenters. The molecule has 0 fully saturated rings. The second kappa shape index (κ2) is 6.10. The number of hydrogen-bond acceptors (Lipinski definition) is 5. The Kier molecular flexibility index (Phi) is 5.06. The van der Waals surface area contributed by atoms with Crippen molar-refractivity contribution in [1.82, 2.24) is 14.5 Å². The summed E-state index contributed by atoms with van der Waals surface area (Å²) in [7, 11) is -1.99. The second-order valence-corrected chi connectivity index (χ2v) is 5.39. The number of rotatable bonds is 7. The molecule has 0 aliphatic rings. The highest BCUT2D eigenvalue weighted by molar-refractivity contribution is 7.89. The predicted octanol–water partition coefficient (Wildman–Crippen LogP) is -0.845. The Bertz CT molecular complexity index is 443. The van der Waals surface area contributed by atoms with E-state index in [4.69, 9.17) is 10.5 Å². The Balaban J connectivity index is 2.68. The lowest BCUT2D eigenvalue weighted by atomic mass is 10.4. The third-order valence-electron chi connectivity index (χ3n) is 2.24. The quantitative estimate of drug-likeness (QED) is 0.667.